The van der Waals surface area contributed by atoms with Gasteiger partial charge < -0.3 is 15.7 Å². The number of nitrogens with zero attached hydrogens (tertiary/aromatic N) is 1. The van der Waals surface area contributed by atoms with E-state index in [1.165, 1.54) is 0 Å². The van der Waals surface area contributed by atoms with Crippen LogP contribution in [0.4, 0.5) is 5.69 Å². The summed E-state index contributed by atoms with van der Waals surface area (Å²) in [7, 11) is 0. The van der Waals surface area contributed by atoms with Gasteiger partial charge in [0.15, 0.2) is 0 Å². The summed E-state index contributed by atoms with van der Waals surface area (Å²) in [5.74, 6) is 0.222. The standard InChI is InChI=1S/C14H19ClN2O2/c1-9(18)10-4-6-17(7-5-10)14(19)12-3-2-11(16)8-13(12)15/h2-3,8-10,18H,4-7,16H2,1H3. The Morgan fingerprint density at radius 1 is 1.47 bits per heavy atom. The van der Waals surface area contributed by atoms with E-state index in [-0.39, 0.29) is 17.9 Å². The maximum absolute atomic E-state index is 12.3. The fourth-order valence-electron chi connectivity index (χ4n) is 2.46. The van der Waals surface area contributed by atoms with E-state index < -0.39 is 0 Å². The minimum Gasteiger partial charge on any atom is -0.399 e. The average Bonchev–Trinajstić information content (AvgIpc) is 2.38. The van der Waals surface area contributed by atoms with E-state index in [1.807, 2.05) is 0 Å². The summed E-state index contributed by atoms with van der Waals surface area (Å²) in [4.78, 5) is 14.1. The fraction of sp³-hybridized carbons (Fsp3) is 0.500. The third-order valence-corrected chi connectivity index (χ3v) is 4.05. The number of likely N-dealkylation sites (tertiary alicyclic amines) is 1. The molecule has 1 fully saturated rings. The Bertz CT molecular complexity index is 469. The molecule has 1 aliphatic rings. The smallest absolute Gasteiger partial charge is 0.255 e. The third-order valence-electron chi connectivity index (χ3n) is 3.73. The number of rotatable bonds is 2. The minimum atomic E-state index is -0.308. The molecule has 4 nitrogen and oxygen atoms in total. The SMILES string of the molecule is CC(O)C1CCN(C(=O)c2ccc(N)cc2Cl)CC1. The van der Waals surface area contributed by atoms with Crippen LogP contribution < -0.4 is 5.73 Å². The molecule has 104 valence electrons. The predicted molar refractivity (Wildman–Crippen MR) is 76.2 cm³/mol. The first kappa shape index (κ1) is 14.2. The number of piperidine rings is 1. The van der Waals surface area contributed by atoms with Gasteiger partial charge in [-0.1, -0.05) is 11.6 Å². The van der Waals surface area contributed by atoms with Crippen LogP contribution in [0.25, 0.3) is 0 Å². The molecule has 1 aromatic carbocycles. The number of aliphatic hydroxyl groups is 1. The molecule has 1 atom stereocenters. The highest BCUT2D eigenvalue weighted by Gasteiger charge is 2.26. The topological polar surface area (TPSA) is 66.6 Å². The van der Waals surface area contributed by atoms with Gasteiger partial charge in [-0.15, -0.1) is 0 Å². The van der Waals surface area contributed by atoms with Crippen molar-refractivity contribution in [2.45, 2.75) is 25.9 Å². The van der Waals surface area contributed by atoms with Crippen molar-refractivity contribution in [3.05, 3.63) is 28.8 Å². The first-order chi connectivity index (χ1) is 8.99. The number of nitrogen functional groups attached to an aromatic ring is 1. The van der Waals surface area contributed by atoms with Crippen molar-refractivity contribution in [1.82, 2.24) is 4.90 Å². The number of anilines is 1. The maximum Gasteiger partial charge on any atom is 0.255 e. The molecule has 1 heterocycles. The average molecular weight is 283 g/mol. The molecule has 0 aliphatic carbocycles. The summed E-state index contributed by atoms with van der Waals surface area (Å²) in [6, 6.07) is 4.94. The maximum atomic E-state index is 12.3. The number of amides is 1. The molecule has 5 heteroatoms. The zero-order valence-electron chi connectivity index (χ0n) is 11.0. The van der Waals surface area contributed by atoms with Gasteiger partial charge in [0, 0.05) is 18.8 Å². The highest BCUT2D eigenvalue weighted by molar-refractivity contribution is 6.34. The number of aliphatic hydroxyl groups excluding tert-OH is 1. The first-order valence-electron chi connectivity index (χ1n) is 6.51. The second kappa shape index (κ2) is 5.80. The van der Waals surface area contributed by atoms with Gasteiger partial charge in [-0.05, 0) is 43.9 Å². The lowest BCUT2D eigenvalue weighted by Crippen LogP contribution is -2.40. The Morgan fingerprint density at radius 3 is 2.63 bits per heavy atom. The van der Waals surface area contributed by atoms with Crippen LogP contribution in [0, 0.1) is 5.92 Å². The largest absolute Gasteiger partial charge is 0.399 e. The van der Waals surface area contributed by atoms with Crippen molar-refractivity contribution >= 4 is 23.2 Å². The Hall–Kier alpha value is -1.26. The Balaban J connectivity index is 2.05. The molecule has 1 unspecified atom stereocenters. The Kier molecular flexibility index (Phi) is 4.32. The molecule has 0 bridgehead atoms. The van der Waals surface area contributed by atoms with Gasteiger partial charge >= 0.3 is 0 Å². The van der Waals surface area contributed by atoms with Crippen molar-refractivity contribution in [2.75, 3.05) is 18.8 Å². The molecule has 0 aromatic heterocycles. The van der Waals surface area contributed by atoms with E-state index in [4.69, 9.17) is 17.3 Å². The van der Waals surface area contributed by atoms with Crippen LogP contribution in [0.2, 0.25) is 5.02 Å². The zero-order valence-corrected chi connectivity index (χ0v) is 11.7. The highest BCUT2D eigenvalue weighted by Crippen LogP contribution is 2.25. The number of hydrogen-bond donors (Lipinski definition) is 2. The molecule has 1 saturated heterocycles. The van der Waals surface area contributed by atoms with Crippen LogP contribution >= 0.6 is 11.6 Å². The normalized spacial score (nSPS) is 18.4. The Morgan fingerprint density at radius 2 is 2.11 bits per heavy atom. The third kappa shape index (κ3) is 3.19. The van der Waals surface area contributed by atoms with Gasteiger partial charge in [0.2, 0.25) is 0 Å². The molecule has 0 radical (unpaired) electrons. The lowest BCUT2D eigenvalue weighted by atomic mass is 9.92. The van der Waals surface area contributed by atoms with Crippen molar-refractivity contribution in [2.24, 2.45) is 5.92 Å². The van der Waals surface area contributed by atoms with Crippen molar-refractivity contribution in [3.63, 3.8) is 0 Å². The minimum absolute atomic E-state index is 0.0611. The predicted octanol–water partition coefficient (Wildman–Crippen LogP) is 2.16. The molecule has 1 aliphatic heterocycles. The molecule has 1 aromatic rings. The monoisotopic (exact) mass is 282 g/mol. The number of halogens is 1. The van der Waals surface area contributed by atoms with Crippen molar-refractivity contribution < 1.29 is 9.90 Å². The van der Waals surface area contributed by atoms with Crippen LogP contribution in [0.3, 0.4) is 0 Å². The van der Waals surface area contributed by atoms with Gasteiger partial charge in [0.25, 0.3) is 5.91 Å². The van der Waals surface area contributed by atoms with Crippen molar-refractivity contribution in [1.29, 1.82) is 0 Å². The first-order valence-corrected chi connectivity index (χ1v) is 6.89. The fourth-order valence-corrected chi connectivity index (χ4v) is 2.73. The van der Waals surface area contributed by atoms with Gasteiger partial charge in [-0.25, -0.2) is 0 Å². The van der Waals surface area contributed by atoms with Crippen LogP contribution in [0.1, 0.15) is 30.1 Å². The van der Waals surface area contributed by atoms with E-state index in [9.17, 15) is 9.90 Å². The van der Waals surface area contributed by atoms with Crippen LogP contribution in [-0.2, 0) is 0 Å². The number of nitrogens with two attached hydrogens (primary N) is 1. The van der Waals surface area contributed by atoms with E-state index in [1.54, 1.807) is 30.0 Å². The molecular formula is C14H19ClN2O2. The van der Waals surface area contributed by atoms with Crippen LogP contribution in [-0.4, -0.2) is 35.1 Å². The summed E-state index contributed by atoms with van der Waals surface area (Å²) in [6.07, 6.45) is 1.35. The Labute approximate surface area is 118 Å². The van der Waals surface area contributed by atoms with E-state index in [0.29, 0.717) is 29.4 Å². The quantitative estimate of drug-likeness (QED) is 0.817. The molecule has 1 amide bonds. The number of carbonyl (C=O) groups is 1. The summed E-state index contributed by atoms with van der Waals surface area (Å²) >= 11 is 6.06. The molecular weight excluding hydrogens is 264 g/mol. The summed E-state index contributed by atoms with van der Waals surface area (Å²) in [5, 5.41) is 9.95. The van der Waals surface area contributed by atoms with Gasteiger partial charge in [-0.2, -0.15) is 0 Å². The van der Waals surface area contributed by atoms with Gasteiger partial charge in [-0.3, -0.25) is 4.79 Å². The van der Waals surface area contributed by atoms with Gasteiger partial charge in [0.05, 0.1) is 16.7 Å². The lowest BCUT2D eigenvalue weighted by molar-refractivity contribution is 0.0521. The molecule has 2 rings (SSSR count). The second-order valence-electron chi connectivity index (χ2n) is 5.11. The highest BCUT2D eigenvalue weighted by atomic mass is 35.5. The zero-order chi connectivity index (χ0) is 14.0. The van der Waals surface area contributed by atoms with Crippen LogP contribution in [0.5, 0.6) is 0 Å². The number of carbonyl (C=O) groups excluding carboxylic acids is 1. The van der Waals surface area contributed by atoms with Gasteiger partial charge in [0.1, 0.15) is 0 Å². The van der Waals surface area contributed by atoms with Crippen LogP contribution in [0.15, 0.2) is 18.2 Å². The lowest BCUT2D eigenvalue weighted by Gasteiger charge is -2.33. The summed E-state index contributed by atoms with van der Waals surface area (Å²) in [6.45, 7) is 3.13. The summed E-state index contributed by atoms with van der Waals surface area (Å²) in [5.41, 5.74) is 6.66. The summed E-state index contributed by atoms with van der Waals surface area (Å²) < 4.78 is 0. The van der Waals surface area contributed by atoms with Crippen molar-refractivity contribution in [3.8, 4) is 0 Å². The molecule has 3 N–H and O–H groups in total. The second-order valence-corrected chi connectivity index (χ2v) is 5.52. The molecule has 0 saturated carbocycles. The number of hydrogen-bond acceptors (Lipinski definition) is 3. The van der Waals surface area contributed by atoms with E-state index in [0.717, 1.165) is 12.8 Å². The molecule has 0 spiro atoms. The number of benzene rings is 1. The van der Waals surface area contributed by atoms with E-state index >= 15 is 0 Å². The van der Waals surface area contributed by atoms with E-state index in [2.05, 4.69) is 0 Å². The molecule has 19 heavy (non-hydrogen) atoms.